The molecule has 8 nitrogen and oxygen atoms in total. The molecule has 1 N–H and O–H groups in total. The molecule has 1 atom stereocenters. The van der Waals surface area contributed by atoms with Crippen LogP contribution in [0.5, 0.6) is 0 Å². The lowest BCUT2D eigenvalue weighted by molar-refractivity contribution is 0.582. The summed E-state index contributed by atoms with van der Waals surface area (Å²) in [6.07, 6.45) is 1.25. The van der Waals surface area contributed by atoms with Gasteiger partial charge in [0.05, 0.1) is 0 Å². The highest BCUT2D eigenvalue weighted by Gasteiger charge is 2.33. The molecule has 0 saturated carbocycles. The van der Waals surface area contributed by atoms with E-state index in [0.717, 1.165) is 5.75 Å². The topological polar surface area (TPSA) is 91.3 Å². The summed E-state index contributed by atoms with van der Waals surface area (Å²) in [4.78, 5) is 16.5. The number of hydrogen-bond donors (Lipinski definition) is 1. The van der Waals surface area contributed by atoms with E-state index in [4.69, 9.17) is 0 Å². The van der Waals surface area contributed by atoms with E-state index >= 15 is 0 Å². The standard InChI is InChI=1S/C11H20N6O2S2/c1-12-9-13-10(16(2)3)15-11(14-9)17-5-6-20-7-8(17)21(4,18)19/h8H,5-7H2,1-4H3,(H,12,13,14,15). The van der Waals surface area contributed by atoms with Gasteiger partial charge in [0.1, 0.15) is 5.37 Å². The maximum absolute atomic E-state index is 12.0. The van der Waals surface area contributed by atoms with Crippen molar-refractivity contribution in [2.24, 2.45) is 0 Å². The summed E-state index contributed by atoms with van der Waals surface area (Å²) in [6.45, 7) is 0.600. The second kappa shape index (κ2) is 6.22. The molecule has 1 aromatic heterocycles. The maximum Gasteiger partial charge on any atom is 0.233 e. The normalized spacial score (nSPS) is 19.4. The van der Waals surface area contributed by atoms with Crippen molar-refractivity contribution in [1.29, 1.82) is 0 Å². The van der Waals surface area contributed by atoms with Crippen molar-refractivity contribution >= 4 is 39.4 Å². The van der Waals surface area contributed by atoms with E-state index < -0.39 is 15.2 Å². The van der Waals surface area contributed by atoms with Gasteiger partial charge in [0.15, 0.2) is 9.84 Å². The Morgan fingerprint density at radius 1 is 1.33 bits per heavy atom. The van der Waals surface area contributed by atoms with Crippen LogP contribution in [0.3, 0.4) is 0 Å². The minimum Gasteiger partial charge on any atom is -0.357 e. The van der Waals surface area contributed by atoms with Crippen LogP contribution in [-0.2, 0) is 9.84 Å². The van der Waals surface area contributed by atoms with E-state index in [0.29, 0.717) is 30.1 Å². The van der Waals surface area contributed by atoms with Gasteiger partial charge in [-0.25, -0.2) is 8.42 Å². The van der Waals surface area contributed by atoms with Crippen molar-refractivity contribution in [3.63, 3.8) is 0 Å². The third kappa shape index (κ3) is 3.67. The fourth-order valence-electron chi connectivity index (χ4n) is 1.96. The van der Waals surface area contributed by atoms with E-state index in [2.05, 4.69) is 20.3 Å². The number of aromatic nitrogens is 3. The van der Waals surface area contributed by atoms with Crippen LogP contribution in [0.1, 0.15) is 0 Å². The summed E-state index contributed by atoms with van der Waals surface area (Å²) in [5.41, 5.74) is 0. The van der Waals surface area contributed by atoms with Crippen molar-refractivity contribution in [2.45, 2.75) is 5.37 Å². The molecule has 0 aromatic carbocycles. The number of anilines is 3. The highest BCUT2D eigenvalue weighted by Crippen LogP contribution is 2.25. The van der Waals surface area contributed by atoms with Crippen molar-refractivity contribution in [3.8, 4) is 0 Å². The number of nitrogens with zero attached hydrogens (tertiary/aromatic N) is 5. The number of nitrogens with one attached hydrogen (secondary N) is 1. The van der Waals surface area contributed by atoms with Gasteiger partial charge in [-0.3, -0.25) is 0 Å². The summed E-state index contributed by atoms with van der Waals surface area (Å²) in [7, 11) is 2.18. The zero-order valence-electron chi connectivity index (χ0n) is 12.6. The van der Waals surface area contributed by atoms with E-state index in [1.165, 1.54) is 6.26 Å². The van der Waals surface area contributed by atoms with Gasteiger partial charge in [-0.2, -0.15) is 26.7 Å². The quantitative estimate of drug-likeness (QED) is 0.811. The summed E-state index contributed by atoms with van der Waals surface area (Å²) in [5.74, 6) is 2.69. The summed E-state index contributed by atoms with van der Waals surface area (Å²) in [5, 5.41) is 2.29. The third-order valence-electron chi connectivity index (χ3n) is 3.07. The molecule has 2 rings (SSSR count). The molecule has 1 aliphatic heterocycles. The highest BCUT2D eigenvalue weighted by atomic mass is 32.2. The Bertz CT molecular complexity index is 607. The van der Waals surface area contributed by atoms with Crippen molar-refractivity contribution in [3.05, 3.63) is 0 Å². The molecule has 1 aromatic rings. The average Bonchev–Trinajstić information content (AvgIpc) is 2.45. The van der Waals surface area contributed by atoms with Crippen molar-refractivity contribution in [1.82, 2.24) is 15.0 Å². The number of thioether (sulfide) groups is 1. The Hall–Kier alpha value is -1.29. The average molecular weight is 332 g/mol. The first-order chi connectivity index (χ1) is 9.82. The molecular weight excluding hydrogens is 312 g/mol. The first-order valence-corrected chi connectivity index (χ1v) is 9.58. The summed E-state index contributed by atoms with van der Waals surface area (Å²) >= 11 is 1.63. The molecule has 118 valence electrons. The van der Waals surface area contributed by atoms with Gasteiger partial charge >= 0.3 is 0 Å². The monoisotopic (exact) mass is 332 g/mol. The van der Waals surface area contributed by atoms with Gasteiger partial charge in [0, 0.05) is 45.4 Å². The lowest BCUT2D eigenvalue weighted by atomic mass is 10.5. The van der Waals surface area contributed by atoms with Crippen LogP contribution >= 0.6 is 11.8 Å². The van der Waals surface area contributed by atoms with Gasteiger partial charge in [-0.15, -0.1) is 0 Å². The third-order valence-corrected chi connectivity index (χ3v) is 5.71. The van der Waals surface area contributed by atoms with Gasteiger partial charge < -0.3 is 15.1 Å². The van der Waals surface area contributed by atoms with E-state index in [1.54, 1.807) is 28.6 Å². The van der Waals surface area contributed by atoms with Crippen LogP contribution in [0.15, 0.2) is 0 Å². The Morgan fingerprint density at radius 3 is 2.62 bits per heavy atom. The SMILES string of the molecule is CNc1nc(N(C)C)nc(N2CCSCC2S(C)(=O)=O)n1. The first kappa shape index (κ1) is 16.1. The predicted molar refractivity (Wildman–Crippen MR) is 87.0 cm³/mol. The molecule has 1 unspecified atom stereocenters. The van der Waals surface area contributed by atoms with Crippen LogP contribution in [0.2, 0.25) is 0 Å². The number of hydrogen-bond acceptors (Lipinski definition) is 9. The molecular formula is C11H20N6O2S2. The van der Waals surface area contributed by atoms with Crippen LogP contribution in [-0.4, -0.2) is 74.2 Å². The molecule has 0 bridgehead atoms. The summed E-state index contributed by atoms with van der Waals surface area (Å²) in [6, 6.07) is 0. The molecule has 1 saturated heterocycles. The first-order valence-electron chi connectivity index (χ1n) is 6.47. The van der Waals surface area contributed by atoms with Crippen LogP contribution in [0.4, 0.5) is 17.8 Å². The molecule has 0 aliphatic carbocycles. The Morgan fingerprint density at radius 2 is 2.05 bits per heavy atom. The Labute approximate surface area is 129 Å². The van der Waals surface area contributed by atoms with Crippen LogP contribution in [0.25, 0.3) is 0 Å². The van der Waals surface area contributed by atoms with Gasteiger partial charge in [0.2, 0.25) is 17.8 Å². The zero-order chi connectivity index (χ0) is 15.6. The van der Waals surface area contributed by atoms with Crippen molar-refractivity contribution in [2.75, 3.05) is 60.6 Å². The lowest BCUT2D eigenvalue weighted by Gasteiger charge is -2.34. The molecule has 1 fully saturated rings. The smallest absolute Gasteiger partial charge is 0.233 e. The highest BCUT2D eigenvalue weighted by molar-refractivity contribution is 8.01. The molecule has 2 heterocycles. The Balaban J connectivity index is 2.45. The molecule has 0 radical (unpaired) electrons. The van der Waals surface area contributed by atoms with Crippen molar-refractivity contribution < 1.29 is 8.42 Å². The fourth-order valence-corrected chi connectivity index (χ4v) is 4.77. The number of sulfone groups is 1. The summed E-state index contributed by atoms with van der Waals surface area (Å²) < 4.78 is 24.0. The van der Waals surface area contributed by atoms with E-state index in [-0.39, 0.29) is 0 Å². The molecule has 21 heavy (non-hydrogen) atoms. The second-order valence-electron chi connectivity index (χ2n) is 4.96. The molecule has 1 aliphatic rings. The lowest BCUT2D eigenvalue weighted by Crippen LogP contribution is -2.48. The van der Waals surface area contributed by atoms with E-state index in [1.807, 2.05) is 14.1 Å². The number of rotatable bonds is 4. The van der Waals surface area contributed by atoms with Gasteiger partial charge in [-0.05, 0) is 0 Å². The second-order valence-corrected chi connectivity index (χ2v) is 8.31. The van der Waals surface area contributed by atoms with Crippen LogP contribution in [0, 0.1) is 0 Å². The molecule has 0 amide bonds. The maximum atomic E-state index is 12.0. The minimum atomic E-state index is -3.21. The molecule has 10 heteroatoms. The van der Waals surface area contributed by atoms with Gasteiger partial charge in [-0.1, -0.05) is 0 Å². The largest absolute Gasteiger partial charge is 0.357 e. The fraction of sp³-hybridized carbons (Fsp3) is 0.727. The van der Waals surface area contributed by atoms with Gasteiger partial charge in [0.25, 0.3) is 0 Å². The Kier molecular flexibility index (Phi) is 4.77. The van der Waals surface area contributed by atoms with E-state index in [9.17, 15) is 8.42 Å². The predicted octanol–water partition coefficient (Wildman–Crippen LogP) is -0.0968. The zero-order valence-corrected chi connectivity index (χ0v) is 14.2. The molecule has 0 spiro atoms. The minimum absolute atomic E-state index is 0.397. The van der Waals surface area contributed by atoms with Crippen LogP contribution < -0.4 is 15.1 Å².